The summed E-state index contributed by atoms with van der Waals surface area (Å²) in [5, 5.41) is 9.62. The molecule has 0 heterocycles. The summed E-state index contributed by atoms with van der Waals surface area (Å²) in [6.07, 6.45) is 0.525. The molecule has 3 atom stereocenters. The van der Waals surface area contributed by atoms with Crippen molar-refractivity contribution in [1.82, 2.24) is 4.72 Å². The summed E-state index contributed by atoms with van der Waals surface area (Å²) in [6, 6.07) is 6.53. The van der Waals surface area contributed by atoms with Gasteiger partial charge in [0, 0.05) is 12.7 Å². The lowest BCUT2D eigenvalue weighted by Crippen LogP contribution is -2.40. The standard InChI is InChI=1S/C18H31N2O6PS/c1-4-5-9-28(25,26)20-17(13(2)3)27(23,24)12-16(18(21)22)15-8-6-7-14(10-15)11-19/h6-8,10,13,16-17,20H,4-5,9,11-12,19H2,1-3H3,(H,21,22)(H,23,24)/t16-,17-/m1/s1. The molecular formula is C18H31N2O6PS. The van der Waals surface area contributed by atoms with Crippen molar-refractivity contribution in [1.29, 1.82) is 0 Å². The molecule has 1 unspecified atom stereocenters. The number of carbonyl (C=O) groups is 1. The highest BCUT2D eigenvalue weighted by Crippen LogP contribution is 2.51. The minimum absolute atomic E-state index is 0.145. The summed E-state index contributed by atoms with van der Waals surface area (Å²) in [4.78, 5) is 22.5. The molecule has 28 heavy (non-hydrogen) atoms. The molecule has 1 aromatic rings. The van der Waals surface area contributed by atoms with E-state index in [-0.39, 0.29) is 12.3 Å². The Balaban J connectivity index is 3.16. The third kappa shape index (κ3) is 7.29. The van der Waals surface area contributed by atoms with Gasteiger partial charge in [-0.15, -0.1) is 0 Å². The van der Waals surface area contributed by atoms with Crippen LogP contribution >= 0.6 is 7.37 Å². The molecule has 10 heteroatoms. The fourth-order valence-corrected chi connectivity index (χ4v) is 7.52. The summed E-state index contributed by atoms with van der Waals surface area (Å²) in [5.74, 6) is -4.39. The van der Waals surface area contributed by atoms with Crippen molar-refractivity contribution < 1.29 is 27.8 Å². The summed E-state index contributed by atoms with van der Waals surface area (Å²) < 4.78 is 39.9. The number of carboxylic acid groups (broad SMARTS) is 1. The van der Waals surface area contributed by atoms with E-state index in [0.29, 0.717) is 24.0 Å². The molecule has 0 spiro atoms. The summed E-state index contributed by atoms with van der Waals surface area (Å²) in [5.41, 5.74) is 6.66. The van der Waals surface area contributed by atoms with Gasteiger partial charge in [0.2, 0.25) is 17.4 Å². The van der Waals surface area contributed by atoms with Crippen LogP contribution in [0.25, 0.3) is 0 Å². The molecule has 5 N–H and O–H groups in total. The van der Waals surface area contributed by atoms with E-state index in [0.717, 1.165) is 0 Å². The predicted octanol–water partition coefficient (Wildman–Crippen LogP) is 2.29. The monoisotopic (exact) mass is 434 g/mol. The van der Waals surface area contributed by atoms with Crippen LogP contribution in [-0.2, 0) is 25.9 Å². The Morgan fingerprint density at radius 3 is 2.46 bits per heavy atom. The lowest BCUT2D eigenvalue weighted by atomic mass is 9.99. The number of unbranched alkanes of at least 4 members (excludes halogenated alkanes) is 1. The molecule has 0 aliphatic carbocycles. The van der Waals surface area contributed by atoms with E-state index < -0.39 is 47.1 Å². The number of nitrogens with one attached hydrogen (secondary N) is 1. The van der Waals surface area contributed by atoms with Gasteiger partial charge in [-0.2, -0.15) is 0 Å². The minimum atomic E-state index is -4.19. The maximum atomic E-state index is 13.1. The van der Waals surface area contributed by atoms with Crippen molar-refractivity contribution in [2.24, 2.45) is 11.7 Å². The van der Waals surface area contributed by atoms with Gasteiger partial charge in [-0.25, -0.2) is 13.1 Å². The fraction of sp³-hybridized carbons (Fsp3) is 0.611. The average Bonchev–Trinajstić information content (AvgIpc) is 2.62. The van der Waals surface area contributed by atoms with Crippen LogP contribution in [0, 0.1) is 5.92 Å². The Hall–Kier alpha value is -1.25. The fourth-order valence-electron chi connectivity index (χ4n) is 2.90. The molecule has 0 saturated carbocycles. The highest BCUT2D eigenvalue weighted by Gasteiger charge is 2.40. The van der Waals surface area contributed by atoms with E-state index in [2.05, 4.69) is 4.72 Å². The van der Waals surface area contributed by atoms with Gasteiger partial charge < -0.3 is 15.7 Å². The molecule has 1 rings (SSSR count). The van der Waals surface area contributed by atoms with Gasteiger partial charge in [-0.05, 0) is 23.5 Å². The summed E-state index contributed by atoms with van der Waals surface area (Å²) in [6.45, 7) is 5.31. The lowest BCUT2D eigenvalue weighted by molar-refractivity contribution is -0.138. The van der Waals surface area contributed by atoms with Gasteiger partial charge in [0.15, 0.2) is 0 Å². The van der Waals surface area contributed by atoms with Gasteiger partial charge in [0.25, 0.3) is 0 Å². The number of benzene rings is 1. The van der Waals surface area contributed by atoms with E-state index in [1.54, 1.807) is 38.1 Å². The summed E-state index contributed by atoms with van der Waals surface area (Å²) in [7, 11) is -7.94. The molecule has 0 aromatic heterocycles. The number of nitrogens with two attached hydrogens (primary N) is 1. The Kier molecular flexibility index (Phi) is 9.30. The van der Waals surface area contributed by atoms with Crippen molar-refractivity contribution in [2.45, 2.75) is 51.9 Å². The molecule has 0 aliphatic rings. The molecule has 0 saturated heterocycles. The highest BCUT2D eigenvalue weighted by atomic mass is 32.2. The van der Waals surface area contributed by atoms with Crippen molar-refractivity contribution in [3.8, 4) is 0 Å². The van der Waals surface area contributed by atoms with Crippen molar-refractivity contribution in [3.05, 3.63) is 35.4 Å². The zero-order valence-corrected chi connectivity index (χ0v) is 18.2. The molecule has 0 fully saturated rings. The second kappa shape index (κ2) is 10.5. The van der Waals surface area contributed by atoms with Crippen LogP contribution in [0.5, 0.6) is 0 Å². The predicted molar refractivity (Wildman–Crippen MR) is 110 cm³/mol. The number of carboxylic acids is 1. The normalized spacial score (nSPS) is 16.5. The van der Waals surface area contributed by atoms with Crippen LogP contribution in [0.3, 0.4) is 0 Å². The Morgan fingerprint density at radius 1 is 1.32 bits per heavy atom. The zero-order valence-electron chi connectivity index (χ0n) is 16.5. The van der Waals surface area contributed by atoms with Gasteiger partial charge in [-0.1, -0.05) is 51.5 Å². The topological polar surface area (TPSA) is 147 Å². The van der Waals surface area contributed by atoms with Crippen molar-refractivity contribution >= 4 is 23.4 Å². The smallest absolute Gasteiger partial charge is 0.311 e. The lowest BCUT2D eigenvalue weighted by Gasteiger charge is -2.29. The second-order valence-electron chi connectivity index (χ2n) is 7.26. The zero-order chi connectivity index (χ0) is 21.5. The molecule has 8 nitrogen and oxygen atoms in total. The molecule has 1 aromatic carbocycles. The quantitative estimate of drug-likeness (QED) is 0.369. The number of hydrogen-bond donors (Lipinski definition) is 4. The summed E-state index contributed by atoms with van der Waals surface area (Å²) >= 11 is 0. The number of hydrogen-bond acceptors (Lipinski definition) is 5. The van der Waals surface area contributed by atoms with Crippen molar-refractivity contribution in [2.75, 3.05) is 11.9 Å². The van der Waals surface area contributed by atoms with Crippen LogP contribution in [0.2, 0.25) is 0 Å². The molecule has 0 radical (unpaired) electrons. The van der Waals surface area contributed by atoms with Gasteiger partial charge in [0.05, 0.1) is 11.7 Å². The molecule has 0 bridgehead atoms. The maximum Gasteiger partial charge on any atom is 0.311 e. The van der Waals surface area contributed by atoms with Crippen LogP contribution in [0.15, 0.2) is 24.3 Å². The SMILES string of the molecule is CCCCS(=O)(=O)N[C@@H](C(C)C)P(=O)(O)C[C@@H](C(=O)O)c1cccc(CN)c1. The van der Waals surface area contributed by atoms with Gasteiger partial charge in [-0.3, -0.25) is 9.36 Å². The van der Waals surface area contributed by atoms with Crippen LogP contribution < -0.4 is 10.5 Å². The highest BCUT2D eigenvalue weighted by molar-refractivity contribution is 7.89. The van der Waals surface area contributed by atoms with Crippen LogP contribution in [0.4, 0.5) is 0 Å². The number of aliphatic carboxylic acids is 1. The number of rotatable bonds is 12. The van der Waals surface area contributed by atoms with E-state index in [1.165, 1.54) is 0 Å². The Bertz CT molecular complexity index is 812. The van der Waals surface area contributed by atoms with Crippen LogP contribution in [0.1, 0.15) is 50.7 Å². The van der Waals surface area contributed by atoms with E-state index >= 15 is 0 Å². The maximum absolute atomic E-state index is 13.1. The molecular weight excluding hydrogens is 403 g/mol. The van der Waals surface area contributed by atoms with E-state index in [1.807, 2.05) is 6.92 Å². The first-order valence-corrected chi connectivity index (χ1v) is 12.8. The third-order valence-electron chi connectivity index (χ3n) is 4.46. The Morgan fingerprint density at radius 2 is 1.96 bits per heavy atom. The van der Waals surface area contributed by atoms with Gasteiger partial charge in [0.1, 0.15) is 5.78 Å². The second-order valence-corrected chi connectivity index (χ2v) is 11.6. The number of sulfonamides is 1. The first kappa shape index (κ1) is 24.8. The largest absolute Gasteiger partial charge is 0.481 e. The first-order valence-electron chi connectivity index (χ1n) is 9.26. The third-order valence-corrected chi connectivity index (χ3v) is 8.56. The Labute approximate surface area is 167 Å². The van der Waals surface area contributed by atoms with E-state index in [4.69, 9.17) is 5.73 Å². The molecule has 0 amide bonds. The molecule has 0 aliphatic heterocycles. The van der Waals surface area contributed by atoms with Crippen LogP contribution in [-0.4, -0.2) is 42.1 Å². The van der Waals surface area contributed by atoms with E-state index in [9.17, 15) is 27.8 Å². The minimum Gasteiger partial charge on any atom is -0.481 e. The first-order chi connectivity index (χ1) is 12.9. The van der Waals surface area contributed by atoms with Crippen molar-refractivity contribution in [3.63, 3.8) is 0 Å². The van der Waals surface area contributed by atoms with Gasteiger partial charge >= 0.3 is 5.97 Å². The average molecular weight is 434 g/mol. The molecule has 160 valence electrons.